The van der Waals surface area contributed by atoms with E-state index < -0.39 is 0 Å². The fraction of sp³-hybridized carbons (Fsp3) is 0.304. The van der Waals surface area contributed by atoms with Gasteiger partial charge in [-0.05, 0) is 252 Å². The first-order valence-corrected chi connectivity index (χ1v) is 47.6. The number of rotatable bonds is 5. The third kappa shape index (κ3) is 12.2. The molecule has 0 saturated carbocycles. The molecule has 0 N–H and O–H groups in total. The predicted octanol–water partition coefficient (Wildman–Crippen LogP) is 24.8. The Labute approximate surface area is 753 Å². The number of hydrogen-bond acceptors (Lipinski definition) is 8. The van der Waals surface area contributed by atoms with Gasteiger partial charge in [0.25, 0.3) is 20.1 Å². The number of ether oxygens (including phenoxy) is 4. The van der Waals surface area contributed by atoms with Gasteiger partial charge in [0.2, 0.25) is 0 Å². The average molecular weight is 1690 g/mol. The molecule has 0 aliphatic carbocycles. The van der Waals surface area contributed by atoms with Gasteiger partial charge in [-0.25, -0.2) is 0 Å². The van der Waals surface area contributed by atoms with Crippen molar-refractivity contribution in [1.29, 1.82) is 0 Å². The summed E-state index contributed by atoms with van der Waals surface area (Å²) < 4.78 is 43.4. The van der Waals surface area contributed by atoms with Crippen molar-refractivity contribution in [3.63, 3.8) is 0 Å². The van der Waals surface area contributed by atoms with Crippen molar-refractivity contribution in [3.8, 4) is 63.1 Å². The molecule has 126 heavy (non-hydrogen) atoms. The molecular weight excluding hydrogens is 1580 g/mol. The molecule has 0 fully saturated rings. The molecule has 9 nitrogen and oxygen atoms in total. The Morgan fingerprint density at radius 2 is 0.429 bits per heavy atom. The van der Waals surface area contributed by atoms with Gasteiger partial charge in [0.15, 0.2) is 0 Å². The summed E-state index contributed by atoms with van der Waals surface area (Å²) >= 11 is 3.47. The maximum absolute atomic E-state index is 8.05. The molecule has 9 heterocycles. The number of fused-ring (bicyclic) bond motifs is 21. The maximum Gasteiger partial charge on any atom is 0.260 e. The maximum atomic E-state index is 8.05. The fourth-order valence-electron chi connectivity index (χ4n) is 21.3. The van der Waals surface area contributed by atoms with Crippen LogP contribution in [0.5, 0.6) is 46.0 Å². The number of benzene rings is 13. The van der Waals surface area contributed by atoms with E-state index in [0.717, 1.165) is 157 Å². The van der Waals surface area contributed by atoms with Crippen LogP contribution in [0.3, 0.4) is 0 Å². The van der Waals surface area contributed by atoms with Crippen molar-refractivity contribution >= 4 is 181 Å². The first-order chi connectivity index (χ1) is 59.4. The second-order valence-electron chi connectivity index (χ2n) is 45.1. The van der Waals surface area contributed by atoms with Gasteiger partial charge in [0.1, 0.15) is 46.0 Å². The van der Waals surface area contributed by atoms with Crippen molar-refractivity contribution in [3.05, 3.63) is 251 Å². The molecule has 13 aromatic carbocycles. The molecule has 22 rings (SSSR count). The third-order valence-electron chi connectivity index (χ3n) is 28.5. The standard InChI is InChI=1S/C112H112B3N5O4S2/c1-105(2,3)61-27-35-84-72(43-61)73-44-62(106(4,5)6)28-36-85(73)116(84)69-51-92-102-98(53-69)121-94-41-33-67(111(19,20)21)49-80(94)113(102)78-57-82-96(59-90(78)119(92)125-25)123-99-54-70(117-86-37-29-63(107(7,8)9)45-74(86)75-46-64(108(10,11)12)30-38-87(75)117)52-93-103(99)114(82)79-58-83-97(60-91(79)120(93)126-26)124-101-56-71(55-100-104(101)115(83)81-50-68(112(22,23)24)34-42-95(81)122-100)118-88-39-31-65(109(13,14)15)47-76(88)77-48-66(110(16,17)18)32-40-89(77)118/h27-60H,1-26H3. The van der Waals surface area contributed by atoms with Crippen LogP contribution in [-0.2, 0) is 43.3 Å². The van der Waals surface area contributed by atoms with Crippen LogP contribution in [0.25, 0.3) is 82.5 Å². The minimum atomic E-state index is -0.334. The Morgan fingerprint density at radius 3 is 0.690 bits per heavy atom. The molecule has 6 aliphatic heterocycles. The van der Waals surface area contributed by atoms with Crippen molar-refractivity contribution in [2.75, 3.05) is 21.1 Å². The van der Waals surface area contributed by atoms with E-state index in [1.54, 1.807) is 23.9 Å². The first kappa shape index (κ1) is 80.8. The molecule has 630 valence electrons. The molecule has 3 aromatic heterocycles. The lowest BCUT2D eigenvalue weighted by Crippen LogP contribution is -2.64. The summed E-state index contributed by atoms with van der Waals surface area (Å²) in [5, 5.41) is 7.41. The van der Waals surface area contributed by atoms with Crippen molar-refractivity contribution in [2.24, 2.45) is 0 Å². The van der Waals surface area contributed by atoms with E-state index in [2.05, 4.69) is 407 Å². The summed E-state index contributed by atoms with van der Waals surface area (Å²) in [6, 6.07) is 80.9. The van der Waals surface area contributed by atoms with Gasteiger partial charge in [-0.1, -0.05) is 239 Å². The number of anilines is 4. The van der Waals surface area contributed by atoms with Crippen molar-refractivity contribution in [1.82, 2.24) is 13.7 Å². The predicted molar refractivity (Wildman–Crippen MR) is 543 cm³/mol. The van der Waals surface area contributed by atoms with E-state index in [9.17, 15) is 0 Å². The number of nitrogens with zero attached hydrogens (tertiary/aromatic N) is 5. The largest absolute Gasteiger partial charge is 0.458 e. The lowest BCUT2D eigenvalue weighted by atomic mass is 9.30. The summed E-state index contributed by atoms with van der Waals surface area (Å²) in [4.78, 5) is 0. The Morgan fingerprint density at radius 1 is 0.206 bits per heavy atom. The monoisotopic (exact) mass is 1690 g/mol. The summed E-state index contributed by atoms with van der Waals surface area (Å²) in [5.74, 6) is 6.60. The van der Waals surface area contributed by atoms with Gasteiger partial charge < -0.3 is 32.6 Å². The normalized spacial score (nSPS) is 14.7. The molecule has 0 amide bonds. The molecule has 0 saturated heterocycles. The van der Waals surface area contributed by atoms with Gasteiger partial charge in [0, 0.05) is 86.7 Å². The van der Waals surface area contributed by atoms with Crippen LogP contribution in [-0.4, -0.2) is 46.4 Å². The topological polar surface area (TPSA) is 58.2 Å². The molecule has 0 bridgehead atoms. The Balaban J connectivity index is 0.799. The Hall–Kier alpha value is -11.0. The zero-order chi connectivity index (χ0) is 88.3. The van der Waals surface area contributed by atoms with Gasteiger partial charge in [-0.2, -0.15) is 0 Å². The molecule has 0 radical (unpaired) electrons. The number of aromatic nitrogens is 3. The summed E-state index contributed by atoms with van der Waals surface area (Å²) in [5.41, 5.74) is 34.0. The van der Waals surface area contributed by atoms with Crippen LogP contribution in [0, 0.1) is 0 Å². The summed E-state index contributed by atoms with van der Waals surface area (Å²) in [6.45, 7) is 54.8. The van der Waals surface area contributed by atoms with Gasteiger partial charge in [-0.15, -0.1) is 0 Å². The van der Waals surface area contributed by atoms with E-state index in [0.29, 0.717) is 0 Å². The molecule has 14 heteroatoms. The second kappa shape index (κ2) is 26.8. The summed E-state index contributed by atoms with van der Waals surface area (Å²) in [6.07, 6.45) is 4.46. The Kier molecular flexibility index (Phi) is 17.2. The van der Waals surface area contributed by atoms with Gasteiger partial charge >= 0.3 is 0 Å². The lowest BCUT2D eigenvalue weighted by molar-refractivity contribution is 0.464. The van der Waals surface area contributed by atoms with Gasteiger partial charge in [0.05, 0.1) is 72.9 Å². The van der Waals surface area contributed by atoms with E-state index >= 15 is 0 Å². The molecule has 16 aromatic rings. The molecular formula is C112H112B3N5O4S2. The minimum absolute atomic E-state index is 0.0566. The van der Waals surface area contributed by atoms with Crippen LogP contribution in [0.1, 0.15) is 211 Å². The minimum Gasteiger partial charge on any atom is -0.458 e. The molecule has 0 spiro atoms. The number of hydrogen-bond donors (Lipinski definition) is 0. The van der Waals surface area contributed by atoms with Crippen LogP contribution in [0.4, 0.5) is 22.7 Å². The Bertz CT molecular complexity index is 7300. The third-order valence-corrected chi connectivity index (χ3v) is 30.0. The lowest BCUT2D eigenvalue weighted by Gasteiger charge is -2.43. The highest BCUT2D eigenvalue weighted by Gasteiger charge is 2.51. The van der Waals surface area contributed by atoms with E-state index in [-0.39, 0.29) is 63.5 Å². The SMILES string of the molecule is CSN1c2cc3c(cc2B2c4cc5c(cc4Oc4cc(-n6c7ccc(C(C)(C)C)cc7c7cc(C(C)(C)C)ccc76)cc1c42)N(SC)c1cc(-n2c4ccc(C(C)(C)C)cc4c4cc(C(C)(C)C)ccc42)cc2c1B5c1cc(C(C)(C)C)ccc1O2)B1c2cc(C(C)(C)C)ccc2Oc2cc(-n4c5ccc(C(C)(C)C)cc5c5cc(C(C)(C)C)ccc54)cc(c21)O3. The highest BCUT2D eigenvalue weighted by atomic mass is 32.2. The average Bonchev–Trinajstić information content (AvgIpc) is 0.998. The van der Waals surface area contributed by atoms with Crippen LogP contribution < -0.4 is 76.7 Å². The smallest absolute Gasteiger partial charge is 0.260 e. The van der Waals surface area contributed by atoms with E-state index in [1.165, 1.54) is 87.8 Å². The van der Waals surface area contributed by atoms with Crippen LogP contribution in [0.15, 0.2) is 206 Å². The van der Waals surface area contributed by atoms with E-state index in [4.69, 9.17) is 18.9 Å². The molecule has 0 unspecified atom stereocenters. The summed E-state index contributed by atoms with van der Waals surface area (Å²) in [7, 11) is 0. The highest BCUT2D eigenvalue weighted by molar-refractivity contribution is 8.00. The van der Waals surface area contributed by atoms with Crippen molar-refractivity contribution in [2.45, 2.75) is 209 Å². The second-order valence-corrected chi connectivity index (χ2v) is 46.5. The fourth-order valence-corrected chi connectivity index (χ4v) is 22.7. The zero-order valence-electron chi connectivity index (χ0n) is 78.0. The van der Waals surface area contributed by atoms with Crippen molar-refractivity contribution < 1.29 is 18.9 Å². The van der Waals surface area contributed by atoms with Crippen LogP contribution in [0.2, 0.25) is 0 Å². The highest BCUT2D eigenvalue weighted by Crippen LogP contribution is 2.52. The van der Waals surface area contributed by atoms with Gasteiger partial charge in [-0.3, -0.25) is 8.61 Å². The quantitative estimate of drug-likeness (QED) is 0.125. The zero-order valence-corrected chi connectivity index (χ0v) is 79.7. The van der Waals surface area contributed by atoms with E-state index in [1.807, 2.05) is 0 Å². The molecule has 0 atom stereocenters. The molecule has 6 aliphatic rings. The van der Waals surface area contributed by atoms with Crippen LogP contribution >= 0.6 is 23.9 Å². The first-order valence-electron chi connectivity index (χ1n) is 45.2.